The molecule has 1 rings (SSSR count). The zero-order chi connectivity index (χ0) is 10.9. The van der Waals surface area contributed by atoms with Crippen LogP contribution in [0.15, 0.2) is 0 Å². The molecule has 1 aliphatic heterocycles. The fourth-order valence-corrected chi connectivity index (χ4v) is 2.52. The van der Waals surface area contributed by atoms with E-state index in [2.05, 4.69) is 15.9 Å². The molecule has 0 bridgehead atoms. The molecule has 1 saturated heterocycles. The second-order valence-corrected chi connectivity index (χ2v) is 7.55. The van der Waals surface area contributed by atoms with Crippen LogP contribution in [-0.4, -0.2) is 30.3 Å². The Bertz CT molecular complexity index is 189. The van der Waals surface area contributed by atoms with Crippen LogP contribution in [0, 0.1) is 11.8 Å². The minimum absolute atomic E-state index is 0.151. The van der Waals surface area contributed by atoms with Gasteiger partial charge in [-0.1, -0.05) is 22.8 Å². The average molecular weight is 238 g/mol. The van der Waals surface area contributed by atoms with E-state index in [1.807, 2.05) is 20.5 Å². The van der Waals surface area contributed by atoms with E-state index in [1.54, 1.807) is 0 Å². The van der Waals surface area contributed by atoms with E-state index in [4.69, 9.17) is 9.26 Å². The molecule has 5 heteroatoms. The summed E-state index contributed by atoms with van der Waals surface area (Å²) in [6.07, 6.45) is -0.810. The molecule has 1 heterocycles. The average Bonchev–Trinajstić information content (AvgIpc) is 2.10. The molecule has 84 valence electrons. The van der Waals surface area contributed by atoms with Gasteiger partial charge in [-0.2, -0.15) is 0 Å². The second kappa shape index (κ2) is 5.18. The van der Waals surface area contributed by atoms with Crippen LogP contribution >= 0.6 is 16.8 Å². The maximum atomic E-state index is 9.93. The molecule has 0 radical (unpaired) electrons. The molecule has 1 fully saturated rings. The van der Waals surface area contributed by atoms with Gasteiger partial charge < -0.3 is 14.4 Å². The van der Waals surface area contributed by atoms with E-state index in [-0.39, 0.29) is 12.0 Å². The molecule has 1 N–H and O–H groups in total. The van der Waals surface area contributed by atoms with Crippen LogP contribution in [0.1, 0.15) is 20.8 Å². The maximum Gasteiger partial charge on any atom is 0.188 e. The molecule has 0 saturated carbocycles. The van der Waals surface area contributed by atoms with Crippen LogP contribution in [0.25, 0.3) is 0 Å². The van der Waals surface area contributed by atoms with Crippen molar-refractivity contribution in [1.29, 1.82) is 0 Å². The Morgan fingerprint density at radius 3 is 2.36 bits per heavy atom. The van der Waals surface area contributed by atoms with Crippen LogP contribution in [0.2, 0.25) is 0 Å². The normalized spacial score (nSPS) is 46.3. The smallest absolute Gasteiger partial charge is 0.188 e. The summed E-state index contributed by atoms with van der Waals surface area (Å²) < 4.78 is 11.2. The number of aliphatic hydroxyl groups is 1. The minimum atomic E-state index is -0.571. The van der Waals surface area contributed by atoms with Crippen LogP contribution in [0.3, 0.4) is 0 Å². The van der Waals surface area contributed by atoms with Crippen LogP contribution in [0.5, 0.6) is 0 Å². The third kappa shape index (κ3) is 2.87. The van der Waals surface area contributed by atoms with E-state index in [0.717, 1.165) is 0 Å². The second-order valence-electron chi connectivity index (χ2n) is 4.07. The highest BCUT2D eigenvalue weighted by molar-refractivity contribution is 8.10. The van der Waals surface area contributed by atoms with Crippen molar-refractivity contribution in [3.05, 3.63) is 0 Å². The fraction of sp³-hybridized carbons (Fsp3) is 1.00. The van der Waals surface area contributed by atoms with E-state index >= 15 is 0 Å². The van der Waals surface area contributed by atoms with Gasteiger partial charge in [0.2, 0.25) is 0 Å². The molecular formula is C9H20O3P2. The summed E-state index contributed by atoms with van der Waals surface area (Å²) >= 11 is 0. The van der Waals surface area contributed by atoms with Gasteiger partial charge in [0.25, 0.3) is 0 Å². The lowest BCUT2D eigenvalue weighted by Gasteiger charge is -2.41. The van der Waals surface area contributed by atoms with Crippen LogP contribution in [-0.2, 0) is 9.26 Å². The van der Waals surface area contributed by atoms with Gasteiger partial charge in [0, 0.05) is 7.84 Å². The zero-order valence-corrected chi connectivity index (χ0v) is 11.2. The summed E-state index contributed by atoms with van der Waals surface area (Å²) in [6, 6.07) is 0. The predicted octanol–water partition coefficient (Wildman–Crippen LogP) is 2.20. The van der Waals surface area contributed by atoms with Gasteiger partial charge in [-0.05, 0) is 25.4 Å². The predicted molar refractivity (Wildman–Crippen MR) is 62.3 cm³/mol. The first kappa shape index (κ1) is 12.8. The largest absolute Gasteiger partial charge is 0.388 e. The van der Waals surface area contributed by atoms with Gasteiger partial charge in [-0.15, -0.1) is 0 Å². The Balaban J connectivity index is 2.60. The van der Waals surface area contributed by atoms with Crippen molar-refractivity contribution in [3.8, 4) is 0 Å². The number of rotatable bonds is 2. The number of hydrogen-bond donors (Lipinski definition) is 1. The van der Waals surface area contributed by atoms with Crippen LogP contribution < -0.4 is 0 Å². The molecule has 0 aromatic rings. The molecule has 0 aromatic heterocycles. The number of ether oxygens (including phenoxy) is 1. The SMILES string of the molecule is CC1OC(OP(C)P)C(O)C(C)C1C. The zero-order valence-electron chi connectivity index (χ0n) is 9.18. The van der Waals surface area contributed by atoms with Gasteiger partial charge in [-0.3, -0.25) is 0 Å². The lowest BCUT2D eigenvalue weighted by Crippen LogP contribution is -2.48. The van der Waals surface area contributed by atoms with Gasteiger partial charge in [0.05, 0.1) is 6.10 Å². The molecule has 0 amide bonds. The molecule has 7 unspecified atom stereocenters. The summed E-state index contributed by atoms with van der Waals surface area (Å²) in [5, 5.41) is 9.93. The first-order chi connectivity index (χ1) is 6.43. The summed E-state index contributed by atoms with van der Waals surface area (Å²) in [5.74, 6) is 0.598. The summed E-state index contributed by atoms with van der Waals surface area (Å²) in [5.41, 5.74) is 0. The molecule has 1 aliphatic rings. The van der Waals surface area contributed by atoms with Crippen molar-refractivity contribution < 1.29 is 14.4 Å². The highest BCUT2D eigenvalue weighted by atomic mass is 32.0. The standard InChI is InChI=1S/C9H20O3P2/c1-5-6(2)8(10)9(11-7(5)3)12-14(4)13/h5-10H,13H2,1-4H3. The lowest BCUT2D eigenvalue weighted by molar-refractivity contribution is -0.230. The maximum absolute atomic E-state index is 9.93. The Morgan fingerprint density at radius 1 is 1.29 bits per heavy atom. The quantitative estimate of drug-likeness (QED) is 0.749. The highest BCUT2D eigenvalue weighted by Gasteiger charge is 2.39. The van der Waals surface area contributed by atoms with Crippen molar-refractivity contribution in [2.45, 2.75) is 39.3 Å². The molecule has 0 aromatic carbocycles. The Kier molecular flexibility index (Phi) is 4.74. The first-order valence-corrected chi connectivity index (χ1v) is 8.24. The molecule has 7 atom stereocenters. The molecule has 0 spiro atoms. The third-order valence-electron chi connectivity index (χ3n) is 3.01. The topological polar surface area (TPSA) is 38.7 Å². The summed E-state index contributed by atoms with van der Waals surface area (Å²) in [7, 11) is 2.03. The van der Waals surface area contributed by atoms with Crippen molar-refractivity contribution in [1.82, 2.24) is 0 Å². The first-order valence-electron chi connectivity index (χ1n) is 4.92. The van der Waals surface area contributed by atoms with Crippen molar-refractivity contribution >= 4 is 16.8 Å². The Labute approximate surface area is 89.5 Å². The minimum Gasteiger partial charge on any atom is -0.388 e. The number of aliphatic hydroxyl groups excluding tert-OH is 1. The molecule has 0 aliphatic carbocycles. The summed E-state index contributed by atoms with van der Waals surface area (Å²) in [6.45, 7) is 8.16. The van der Waals surface area contributed by atoms with Gasteiger partial charge in [0.1, 0.15) is 6.10 Å². The Hall–Kier alpha value is 0.740. The highest BCUT2D eigenvalue weighted by Crippen LogP contribution is 2.45. The molecular weight excluding hydrogens is 218 g/mol. The Morgan fingerprint density at radius 2 is 1.86 bits per heavy atom. The summed E-state index contributed by atoms with van der Waals surface area (Å²) in [4.78, 5) is 0. The van der Waals surface area contributed by atoms with E-state index in [1.165, 1.54) is 0 Å². The van der Waals surface area contributed by atoms with E-state index < -0.39 is 20.2 Å². The van der Waals surface area contributed by atoms with Crippen LogP contribution in [0.4, 0.5) is 0 Å². The van der Waals surface area contributed by atoms with Gasteiger partial charge >= 0.3 is 0 Å². The van der Waals surface area contributed by atoms with E-state index in [0.29, 0.717) is 5.92 Å². The van der Waals surface area contributed by atoms with Crippen molar-refractivity contribution in [3.63, 3.8) is 0 Å². The molecule has 14 heavy (non-hydrogen) atoms. The van der Waals surface area contributed by atoms with Crippen molar-refractivity contribution in [2.24, 2.45) is 11.8 Å². The van der Waals surface area contributed by atoms with Gasteiger partial charge in [-0.25, -0.2) is 0 Å². The fourth-order valence-electron chi connectivity index (χ4n) is 1.65. The monoisotopic (exact) mass is 238 g/mol. The van der Waals surface area contributed by atoms with E-state index in [9.17, 15) is 5.11 Å². The van der Waals surface area contributed by atoms with Crippen molar-refractivity contribution in [2.75, 3.05) is 6.66 Å². The number of hydrogen-bond acceptors (Lipinski definition) is 3. The lowest BCUT2D eigenvalue weighted by atomic mass is 9.84. The third-order valence-corrected chi connectivity index (χ3v) is 3.91. The molecule has 3 nitrogen and oxygen atoms in total. The van der Waals surface area contributed by atoms with Gasteiger partial charge in [0.15, 0.2) is 6.29 Å².